The third-order valence-electron chi connectivity index (χ3n) is 2.41. The maximum atomic E-state index is 13.3. The van der Waals surface area contributed by atoms with E-state index in [-0.39, 0.29) is 20.5 Å². The van der Waals surface area contributed by atoms with Crippen LogP contribution in [0.4, 0.5) is 10.1 Å². The van der Waals surface area contributed by atoms with Crippen LogP contribution in [-0.2, 0) is 0 Å². The Morgan fingerprint density at radius 2 is 2.19 bits per heavy atom. The second-order valence-corrected chi connectivity index (χ2v) is 5.19. The Bertz CT molecular complexity index is 741. The van der Waals surface area contributed by atoms with Gasteiger partial charge in [0.2, 0.25) is 0 Å². The molecule has 0 fully saturated rings. The Morgan fingerprint density at radius 1 is 1.48 bits per heavy atom. The molecule has 0 aliphatic heterocycles. The maximum Gasteiger partial charge on any atom is 0.338 e. The molecule has 0 spiro atoms. The number of hydrogen-bond acceptors (Lipinski definition) is 5. The maximum absolute atomic E-state index is 13.3. The largest absolute Gasteiger partial charge is 0.478 e. The monoisotopic (exact) mass is 328 g/mol. The van der Waals surface area contributed by atoms with E-state index in [0.717, 1.165) is 17.8 Å². The molecule has 108 valence electrons. The minimum atomic E-state index is -1.22. The first kappa shape index (κ1) is 15.2. The minimum absolute atomic E-state index is 0.00704. The van der Waals surface area contributed by atoms with E-state index >= 15 is 0 Å². The molecule has 9 heteroatoms. The van der Waals surface area contributed by atoms with Gasteiger partial charge in [0.1, 0.15) is 10.8 Å². The van der Waals surface area contributed by atoms with Crippen molar-refractivity contribution in [1.82, 2.24) is 4.98 Å². The van der Waals surface area contributed by atoms with Crippen molar-refractivity contribution in [1.29, 1.82) is 0 Å². The van der Waals surface area contributed by atoms with Crippen LogP contribution < -0.4 is 0 Å². The summed E-state index contributed by atoms with van der Waals surface area (Å²) in [5.41, 5.74) is -0.624. The summed E-state index contributed by atoms with van der Waals surface area (Å²) in [4.78, 5) is 25.1. The lowest BCUT2D eigenvalue weighted by atomic mass is 10.3. The van der Waals surface area contributed by atoms with Crippen LogP contribution in [0.5, 0.6) is 0 Å². The summed E-state index contributed by atoms with van der Waals surface area (Å²) in [7, 11) is 0. The molecule has 21 heavy (non-hydrogen) atoms. The highest BCUT2D eigenvalue weighted by Crippen LogP contribution is 2.38. The molecular formula is C12H6ClFN2O4S. The molecule has 6 nitrogen and oxygen atoms in total. The predicted octanol–water partition coefficient (Wildman–Crippen LogP) is 3.63. The molecule has 1 heterocycles. The van der Waals surface area contributed by atoms with Gasteiger partial charge in [0.15, 0.2) is 0 Å². The first-order chi connectivity index (χ1) is 9.90. The normalized spacial score (nSPS) is 10.4. The number of aromatic carboxylic acids is 1. The quantitative estimate of drug-likeness (QED) is 0.680. The van der Waals surface area contributed by atoms with Crippen LogP contribution in [0.3, 0.4) is 0 Å². The number of carboxylic acid groups (broad SMARTS) is 1. The second-order valence-electron chi connectivity index (χ2n) is 3.75. The number of nitro benzene ring substituents is 1. The van der Waals surface area contributed by atoms with Crippen molar-refractivity contribution < 1.29 is 19.2 Å². The number of carbonyl (C=O) groups is 1. The van der Waals surface area contributed by atoms with Crippen molar-refractivity contribution in [3.8, 4) is 0 Å². The lowest BCUT2D eigenvalue weighted by molar-refractivity contribution is -0.387. The van der Waals surface area contributed by atoms with E-state index in [1.807, 2.05) is 0 Å². The molecular weight excluding hydrogens is 323 g/mol. The molecule has 0 atom stereocenters. The summed E-state index contributed by atoms with van der Waals surface area (Å²) in [6.07, 6.45) is 1.35. The Morgan fingerprint density at radius 3 is 2.81 bits per heavy atom. The molecule has 0 unspecified atom stereocenters. The fraction of sp³-hybridized carbons (Fsp3) is 0. The second kappa shape index (κ2) is 6.06. The number of pyridine rings is 1. The molecule has 0 aliphatic rings. The van der Waals surface area contributed by atoms with E-state index in [2.05, 4.69) is 4.98 Å². The fourth-order valence-electron chi connectivity index (χ4n) is 1.48. The summed E-state index contributed by atoms with van der Waals surface area (Å²) in [6, 6.07) is 4.50. The number of halogens is 2. The zero-order valence-electron chi connectivity index (χ0n) is 10.1. The van der Waals surface area contributed by atoms with Crippen LogP contribution in [0, 0.1) is 15.9 Å². The molecule has 0 saturated heterocycles. The number of rotatable bonds is 4. The van der Waals surface area contributed by atoms with Gasteiger partial charge in [-0.25, -0.2) is 14.2 Å². The Hall–Kier alpha value is -2.19. The molecule has 2 rings (SSSR count). The summed E-state index contributed by atoms with van der Waals surface area (Å²) < 4.78 is 13.3. The third kappa shape index (κ3) is 3.29. The van der Waals surface area contributed by atoms with Gasteiger partial charge in [0.05, 0.1) is 26.5 Å². The van der Waals surface area contributed by atoms with E-state index in [0.29, 0.717) is 6.07 Å². The van der Waals surface area contributed by atoms with Gasteiger partial charge in [0, 0.05) is 6.20 Å². The molecule has 0 saturated carbocycles. The van der Waals surface area contributed by atoms with Crippen molar-refractivity contribution in [2.45, 2.75) is 9.92 Å². The highest BCUT2D eigenvalue weighted by atomic mass is 35.5. The van der Waals surface area contributed by atoms with Gasteiger partial charge in [-0.2, -0.15) is 0 Å². The molecule has 0 aliphatic carbocycles. The number of carboxylic acids is 1. The average molecular weight is 329 g/mol. The van der Waals surface area contributed by atoms with Crippen molar-refractivity contribution in [3.63, 3.8) is 0 Å². The Balaban J connectivity index is 2.52. The molecule has 0 radical (unpaired) electrons. The third-order valence-corrected chi connectivity index (χ3v) is 3.76. The van der Waals surface area contributed by atoms with Gasteiger partial charge in [0.25, 0.3) is 5.69 Å². The van der Waals surface area contributed by atoms with Crippen LogP contribution in [0.15, 0.2) is 40.4 Å². The predicted molar refractivity (Wildman–Crippen MR) is 73.4 cm³/mol. The zero-order chi connectivity index (χ0) is 15.6. The van der Waals surface area contributed by atoms with Crippen molar-refractivity contribution >= 4 is 35.0 Å². The molecule has 1 aromatic carbocycles. The van der Waals surface area contributed by atoms with Crippen molar-refractivity contribution in [2.24, 2.45) is 0 Å². The first-order valence-corrected chi connectivity index (χ1v) is 6.59. The fourth-order valence-corrected chi connectivity index (χ4v) is 2.71. The molecule has 1 aromatic heterocycles. The van der Waals surface area contributed by atoms with Gasteiger partial charge in [-0.15, -0.1) is 0 Å². The summed E-state index contributed by atoms with van der Waals surface area (Å²) in [5.74, 6) is -2.14. The number of nitro groups is 1. The smallest absolute Gasteiger partial charge is 0.338 e. The topological polar surface area (TPSA) is 93.3 Å². The molecule has 2 aromatic rings. The van der Waals surface area contributed by atoms with Gasteiger partial charge in [-0.05, 0) is 18.2 Å². The van der Waals surface area contributed by atoms with Gasteiger partial charge in [-0.1, -0.05) is 23.4 Å². The van der Waals surface area contributed by atoms with Gasteiger partial charge in [-0.3, -0.25) is 10.1 Å². The Labute approximate surface area is 126 Å². The van der Waals surface area contributed by atoms with Gasteiger partial charge >= 0.3 is 5.97 Å². The van der Waals surface area contributed by atoms with Crippen LogP contribution in [0.25, 0.3) is 0 Å². The SMILES string of the molecule is O=C(O)c1cccnc1Sc1cc(Cl)c(F)cc1[N+](=O)[O-]. The van der Waals surface area contributed by atoms with Crippen LogP contribution in [-0.4, -0.2) is 21.0 Å². The van der Waals surface area contributed by atoms with E-state index in [1.165, 1.54) is 18.3 Å². The van der Waals surface area contributed by atoms with E-state index < -0.39 is 22.4 Å². The van der Waals surface area contributed by atoms with Gasteiger partial charge < -0.3 is 5.11 Å². The molecule has 1 N–H and O–H groups in total. The minimum Gasteiger partial charge on any atom is -0.478 e. The number of benzene rings is 1. The first-order valence-electron chi connectivity index (χ1n) is 5.39. The lowest BCUT2D eigenvalue weighted by Crippen LogP contribution is -2.00. The molecule has 0 bridgehead atoms. The molecule has 0 amide bonds. The van der Waals surface area contributed by atoms with Crippen LogP contribution in [0.1, 0.15) is 10.4 Å². The van der Waals surface area contributed by atoms with E-state index in [1.54, 1.807) is 0 Å². The number of aromatic nitrogens is 1. The number of hydrogen-bond donors (Lipinski definition) is 1. The van der Waals surface area contributed by atoms with Crippen molar-refractivity contribution in [3.05, 3.63) is 57.0 Å². The number of nitrogens with zero attached hydrogens (tertiary/aromatic N) is 2. The van der Waals surface area contributed by atoms with E-state index in [9.17, 15) is 19.3 Å². The average Bonchev–Trinajstić information content (AvgIpc) is 2.42. The Kier molecular flexibility index (Phi) is 4.39. The summed E-state index contributed by atoms with van der Waals surface area (Å²) >= 11 is 6.35. The highest BCUT2D eigenvalue weighted by Gasteiger charge is 2.21. The standard InChI is InChI=1S/C12H6ClFN2O4S/c13-7-4-10(9(16(19)20)5-8(7)14)21-11-6(12(17)18)2-1-3-15-11/h1-5H,(H,17,18). The van der Waals surface area contributed by atoms with E-state index in [4.69, 9.17) is 16.7 Å². The highest BCUT2D eigenvalue weighted by molar-refractivity contribution is 7.99. The summed E-state index contributed by atoms with van der Waals surface area (Å²) in [5, 5.41) is 19.7. The van der Waals surface area contributed by atoms with Crippen LogP contribution >= 0.6 is 23.4 Å². The summed E-state index contributed by atoms with van der Waals surface area (Å²) in [6.45, 7) is 0. The van der Waals surface area contributed by atoms with Crippen molar-refractivity contribution in [2.75, 3.05) is 0 Å². The zero-order valence-corrected chi connectivity index (χ0v) is 11.7. The lowest BCUT2D eigenvalue weighted by Gasteiger charge is -2.06. The van der Waals surface area contributed by atoms with Crippen LogP contribution in [0.2, 0.25) is 5.02 Å².